The number of methoxy groups -OCH3 is 2. The Kier molecular flexibility index (Phi) is 10.3. The molecular weight excluding hydrogens is 300 g/mol. The Morgan fingerprint density at radius 1 is 0.875 bits per heavy atom. The van der Waals surface area contributed by atoms with Crippen molar-refractivity contribution in [1.29, 1.82) is 0 Å². The molecule has 0 spiro atoms. The molecule has 0 saturated carbocycles. The summed E-state index contributed by atoms with van der Waals surface area (Å²) in [5.41, 5.74) is 7.98. The Bertz CT molecular complexity index is 453. The van der Waals surface area contributed by atoms with E-state index in [2.05, 4.69) is 30.9 Å². The minimum absolute atomic E-state index is 0.607. The fourth-order valence-corrected chi connectivity index (χ4v) is 3.00. The Morgan fingerprint density at radius 3 is 1.92 bits per heavy atom. The Morgan fingerprint density at radius 2 is 1.46 bits per heavy atom. The van der Waals surface area contributed by atoms with E-state index >= 15 is 0 Å². The van der Waals surface area contributed by atoms with Crippen LogP contribution >= 0.6 is 0 Å². The van der Waals surface area contributed by atoms with E-state index in [9.17, 15) is 0 Å². The number of benzene rings is 1. The van der Waals surface area contributed by atoms with Gasteiger partial charge in [-0.2, -0.15) is 0 Å². The van der Waals surface area contributed by atoms with Crippen LogP contribution in [0.15, 0.2) is 12.1 Å². The van der Waals surface area contributed by atoms with Crippen LogP contribution in [0, 0.1) is 0 Å². The van der Waals surface area contributed by atoms with Crippen molar-refractivity contribution in [3.63, 3.8) is 0 Å². The molecule has 0 amide bonds. The quantitative estimate of drug-likeness (QED) is 0.543. The van der Waals surface area contributed by atoms with Gasteiger partial charge in [0.2, 0.25) is 0 Å². The lowest BCUT2D eigenvalue weighted by Crippen LogP contribution is -2.26. The zero-order valence-electron chi connectivity index (χ0n) is 16.1. The molecule has 0 bridgehead atoms. The number of ether oxygens (including phenoxy) is 2. The average molecular weight is 337 g/mol. The Labute approximate surface area is 148 Å². The second kappa shape index (κ2) is 12.0. The Hall–Kier alpha value is -1.42. The van der Waals surface area contributed by atoms with Crippen molar-refractivity contribution in [3.8, 4) is 11.5 Å². The summed E-state index contributed by atoms with van der Waals surface area (Å²) in [6, 6.07) is 4.22. The highest BCUT2D eigenvalue weighted by Gasteiger charge is 2.16. The molecule has 1 aromatic carbocycles. The van der Waals surface area contributed by atoms with Crippen molar-refractivity contribution in [2.24, 2.45) is 5.73 Å². The standard InChI is InChI=1S/C20H36N2O2/c1-5-7-9-13-22(14-10-8-6-2)18-16-19(23-3)17(11-12-21)15-20(18)24-4/h15-16H,5-14,21H2,1-4H3. The van der Waals surface area contributed by atoms with E-state index in [1.165, 1.54) is 38.5 Å². The SMILES string of the molecule is CCCCCN(CCCCC)c1cc(OC)c(CCN)cc1OC. The topological polar surface area (TPSA) is 47.7 Å². The number of anilines is 1. The average Bonchev–Trinajstić information content (AvgIpc) is 2.60. The predicted octanol–water partition coefficient (Wildman–Crippen LogP) is 4.39. The molecule has 0 atom stereocenters. The van der Waals surface area contributed by atoms with Crippen LogP contribution in [0.5, 0.6) is 11.5 Å². The van der Waals surface area contributed by atoms with Crippen LogP contribution in [-0.4, -0.2) is 33.9 Å². The number of nitrogens with zero attached hydrogens (tertiary/aromatic N) is 1. The number of nitrogens with two attached hydrogens (primary N) is 1. The number of hydrogen-bond donors (Lipinski definition) is 1. The normalized spacial score (nSPS) is 10.7. The molecule has 4 nitrogen and oxygen atoms in total. The summed E-state index contributed by atoms with van der Waals surface area (Å²) < 4.78 is 11.3. The molecule has 0 fully saturated rings. The fourth-order valence-electron chi connectivity index (χ4n) is 3.00. The molecule has 0 unspecified atom stereocenters. The first-order chi connectivity index (χ1) is 11.7. The molecule has 0 saturated heterocycles. The predicted molar refractivity (Wildman–Crippen MR) is 104 cm³/mol. The molecule has 0 aliphatic heterocycles. The van der Waals surface area contributed by atoms with Crippen LogP contribution in [0.2, 0.25) is 0 Å². The van der Waals surface area contributed by atoms with Crippen LogP contribution in [0.25, 0.3) is 0 Å². The fraction of sp³-hybridized carbons (Fsp3) is 0.700. The smallest absolute Gasteiger partial charge is 0.142 e. The van der Waals surface area contributed by atoms with Gasteiger partial charge >= 0.3 is 0 Å². The van der Waals surface area contributed by atoms with Gasteiger partial charge in [0, 0.05) is 19.2 Å². The van der Waals surface area contributed by atoms with Crippen molar-refractivity contribution >= 4 is 5.69 Å². The van der Waals surface area contributed by atoms with Crippen molar-refractivity contribution < 1.29 is 9.47 Å². The van der Waals surface area contributed by atoms with Crippen LogP contribution in [0.1, 0.15) is 57.9 Å². The van der Waals surface area contributed by atoms with Gasteiger partial charge in [-0.15, -0.1) is 0 Å². The molecule has 0 radical (unpaired) electrons. The summed E-state index contributed by atoms with van der Waals surface area (Å²) in [6.07, 6.45) is 8.20. The number of rotatable bonds is 13. The highest BCUT2D eigenvalue weighted by molar-refractivity contribution is 5.64. The van der Waals surface area contributed by atoms with Crippen LogP contribution in [-0.2, 0) is 6.42 Å². The summed E-state index contributed by atoms with van der Waals surface area (Å²) in [6.45, 7) is 7.22. The van der Waals surface area contributed by atoms with Crippen molar-refractivity contribution in [3.05, 3.63) is 17.7 Å². The van der Waals surface area contributed by atoms with E-state index in [1.54, 1.807) is 14.2 Å². The molecule has 1 aromatic rings. The third kappa shape index (κ3) is 6.23. The summed E-state index contributed by atoms with van der Waals surface area (Å²) in [7, 11) is 3.47. The third-order valence-corrected chi connectivity index (χ3v) is 4.40. The van der Waals surface area contributed by atoms with Gasteiger partial charge in [0.25, 0.3) is 0 Å². The monoisotopic (exact) mass is 336 g/mol. The minimum atomic E-state index is 0.607. The molecule has 138 valence electrons. The summed E-state index contributed by atoms with van der Waals surface area (Å²) in [5.74, 6) is 1.83. The lowest BCUT2D eigenvalue weighted by molar-refractivity contribution is 0.398. The van der Waals surface area contributed by atoms with Crippen molar-refractivity contribution in [2.45, 2.75) is 58.8 Å². The van der Waals surface area contributed by atoms with Gasteiger partial charge in [-0.25, -0.2) is 0 Å². The molecule has 1 rings (SSSR count). The zero-order valence-corrected chi connectivity index (χ0v) is 16.1. The first-order valence-electron chi connectivity index (χ1n) is 9.41. The maximum atomic E-state index is 5.73. The van der Waals surface area contributed by atoms with E-state index in [4.69, 9.17) is 15.2 Å². The van der Waals surface area contributed by atoms with Gasteiger partial charge in [0.05, 0.1) is 19.9 Å². The Balaban J connectivity index is 3.07. The highest BCUT2D eigenvalue weighted by atomic mass is 16.5. The lowest BCUT2D eigenvalue weighted by atomic mass is 10.1. The van der Waals surface area contributed by atoms with Crippen molar-refractivity contribution in [1.82, 2.24) is 0 Å². The molecule has 0 aliphatic carbocycles. The first-order valence-corrected chi connectivity index (χ1v) is 9.41. The molecule has 0 aliphatic rings. The lowest BCUT2D eigenvalue weighted by Gasteiger charge is -2.28. The summed E-state index contributed by atoms with van der Waals surface area (Å²) >= 11 is 0. The maximum Gasteiger partial charge on any atom is 0.142 e. The van der Waals surface area contributed by atoms with Crippen LogP contribution in [0.3, 0.4) is 0 Å². The molecule has 0 aromatic heterocycles. The second-order valence-corrected chi connectivity index (χ2v) is 6.28. The van der Waals surface area contributed by atoms with E-state index in [0.29, 0.717) is 6.54 Å². The molecule has 4 heteroatoms. The van der Waals surface area contributed by atoms with Gasteiger partial charge in [-0.1, -0.05) is 39.5 Å². The highest BCUT2D eigenvalue weighted by Crippen LogP contribution is 2.36. The minimum Gasteiger partial charge on any atom is -0.496 e. The van der Waals surface area contributed by atoms with E-state index in [1.807, 2.05) is 0 Å². The number of unbranched alkanes of at least 4 members (excludes halogenated alkanes) is 4. The van der Waals surface area contributed by atoms with Gasteiger partial charge in [-0.05, 0) is 37.4 Å². The van der Waals surface area contributed by atoms with Crippen LogP contribution < -0.4 is 20.1 Å². The summed E-state index contributed by atoms with van der Waals surface area (Å²) in [4.78, 5) is 2.46. The van der Waals surface area contributed by atoms with Crippen LogP contribution in [0.4, 0.5) is 5.69 Å². The van der Waals surface area contributed by atoms with E-state index in [-0.39, 0.29) is 0 Å². The zero-order chi connectivity index (χ0) is 17.8. The molecule has 0 heterocycles. The maximum absolute atomic E-state index is 5.73. The third-order valence-electron chi connectivity index (χ3n) is 4.40. The van der Waals surface area contributed by atoms with E-state index in [0.717, 1.165) is 42.3 Å². The van der Waals surface area contributed by atoms with Crippen molar-refractivity contribution in [2.75, 3.05) is 38.8 Å². The summed E-state index contributed by atoms with van der Waals surface area (Å²) in [5, 5.41) is 0. The van der Waals surface area contributed by atoms with Gasteiger partial charge in [0.15, 0.2) is 0 Å². The second-order valence-electron chi connectivity index (χ2n) is 6.28. The largest absolute Gasteiger partial charge is 0.496 e. The first kappa shape index (κ1) is 20.6. The van der Waals surface area contributed by atoms with Gasteiger partial charge in [-0.3, -0.25) is 0 Å². The number of hydrogen-bond acceptors (Lipinski definition) is 4. The molecule has 2 N–H and O–H groups in total. The van der Waals surface area contributed by atoms with Gasteiger partial charge in [0.1, 0.15) is 11.5 Å². The molecule has 24 heavy (non-hydrogen) atoms. The van der Waals surface area contributed by atoms with E-state index < -0.39 is 0 Å². The van der Waals surface area contributed by atoms with Gasteiger partial charge < -0.3 is 20.1 Å². The molecular formula is C20H36N2O2.